The first-order valence-corrected chi connectivity index (χ1v) is 10.3. The maximum atomic E-state index is 4.61. The molecule has 7 heteroatoms. The SMILES string of the molecule is Cc1ccc(C)c(-c2nc(NCCCBr)nc(NCCCBr)n2)c1. The van der Waals surface area contributed by atoms with Crippen LogP contribution in [0.2, 0.25) is 0 Å². The van der Waals surface area contributed by atoms with Crippen molar-refractivity contribution in [2.24, 2.45) is 0 Å². The molecule has 0 saturated heterocycles. The van der Waals surface area contributed by atoms with Crippen molar-refractivity contribution in [2.45, 2.75) is 26.7 Å². The number of alkyl halides is 2. The lowest BCUT2D eigenvalue weighted by atomic mass is 10.1. The summed E-state index contributed by atoms with van der Waals surface area (Å²) in [4.78, 5) is 13.7. The molecule has 0 saturated carbocycles. The molecule has 0 amide bonds. The van der Waals surface area contributed by atoms with Gasteiger partial charge in [-0.25, -0.2) is 0 Å². The summed E-state index contributed by atoms with van der Waals surface area (Å²) in [6.07, 6.45) is 2.02. The molecule has 0 aliphatic carbocycles. The van der Waals surface area contributed by atoms with Crippen molar-refractivity contribution >= 4 is 43.8 Å². The maximum absolute atomic E-state index is 4.61. The van der Waals surface area contributed by atoms with Gasteiger partial charge in [-0.15, -0.1) is 0 Å². The second-order valence-electron chi connectivity index (χ2n) is 5.56. The van der Waals surface area contributed by atoms with Gasteiger partial charge in [0.25, 0.3) is 0 Å². The summed E-state index contributed by atoms with van der Waals surface area (Å²) in [5.41, 5.74) is 3.40. The summed E-state index contributed by atoms with van der Waals surface area (Å²) in [5, 5.41) is 8.46. The highest BCUT2D eigenvalue weighted by Crippen LogP contribution is 2.23. The van der Waals surface area contributed by atoms with Gasteiger partial charge >= 0.3 is 0 Å². The van der Waals surface area contributed by atoms with Gasteiger partial charge in [-0.3, -0.25) is 0 Å². The fourth-order valence-corrected chi connectivity index (χ4v) is 2.73. The third kappa shape index (κ3) is 5.70. The largest absolute Gasteiger partial charge is 0.354 e. The number of hydrogen-bond donors (Lipinski definition) is 2. The van der Waals surface area contributed by atoms with Crippen LogP contribution in [0.4, 0.5) is 11.9 Å². The number of aromatic nitrogens is 3. The van der Waals surface area contributed by atoms with Gasteiger partial charge in [0.1, 0.15) is 0 Å². The van der Waals surface area contributed by atoms with E-state index in [4.69, 9.17) is 0 Å². The molecule has 1 aromatic carbocycles. The number of benzene rings is 1. The molecule has 0 bridgehead atoms. The van der Waals surface area contributed by atoms with Crippen molar-refractivity contribution in [1.29, 1.82) is 0 Å². The van der Waals surface area contributed by atoms with Crippen LogP contribution >= 0.6 is 31.9 Å². The summed E-state index contributed by atoms with van der Waals surface area (Å²) in [6.45, 7) is 5.80. The lowest BCUT2D eigenvalue weighted by molar-refractivity contribution is 0.930. The van der Waals surface area contributed by atoms with Crippen LogP contribution in [0, 0.1) is 13.8 Å². The Morgan fingerprint density at radius 2 is 1.46 bits per heavy atom. The van der Waals surface area contributed by atoms with E-state index in [0.717, 1.165) is 47.7 Å². The first kappa shape index (κ1) is 19.1. The van der Waals surface area contributed by atoms with E-state index in [2.05, 4.69) is 89.5 Å². The minimum absolute atomic E-state index is 0.614. The van der Waals surface area contributed by atoms with Crippen LogP contribution in [0.15, 0.2) is 18.2 Å². The second kappa shape index (κ2) is 9.93. The Morgan fingerprint density at radius 3 is 2.00 bits per heavy atom. The predicted octanol–water partition coefficient (Wildman–Crippen LogP) is 4.55. The van der Waals surface area contributed by atoms with Crippen LogP contribution in [0.1, 0.15) is 24.0 Å². The molecule has 0 aliphatic heterocycles. The Morgan fingerprint density at radius 1 is 0.875 bits per heavy atom. The summed E-state index contributed by atoms with van der Waals surface area (Å²) in [5.74, 6) is 1.93. The Balaban J connectivity index is 2.31. The minimum atomic E-state index is 0.614. The van der Waals surface area contributed by atoms with E-state index in [9.17, 15) is 0 Å². The molecule has 0 fully saturated rings. The number of rotatable bonds is 9. The molecule has 1 aromatic heterocycles. The first-order chi connectivity index (χ1) is 11.6. The molecule has 2 N–H and O–H groups in total. The van der Waals surface area contributed by atoms with Crippen LogP contribution in [0.3, 0.4) is 0 Å². The standard InChI is InChI=1S/C17H23Br2N5/c1-12-5-6-13(2)14(11-12)15-22-16(20-9-3-7-18)24-17(23-15)21-10-4-8-19/h5-6,11H,3-4,7-10H2,1-2H3,(H2,20,21,22,23,24). The predicted molar refractivity (Wildman–Crippen MR) is 109 cm³/mol. The molecule has 130 valence electrons. The van der Waals surface area contributed by atoms with Crippen LogP contribution in [0.5, 0.6) is 0 Å². The first-order valence-electron chi connectivity index (χ1n) is 8.07. The monoisotopic (exact) mass is 455 g/mol. The summed E-state index contributed by atoms with van der Waals surface area (Å²) in [7, 11) is 0. The highest BCUT2D eigenvalue weighted by molar-refractivity contribution is 9.09. The molecule has 2 aromatic rings. The molecular weight excluding hydrogens is 434 g/mol. The van der Waals surface area contributed by atoms with E-state index in [1.54, 1.807) is 0 Å². The number of hydrogen-bond acceptors (Lipinski definition) is 5. The van der Waals surface area contributed by atoms with E-state index in [0.29, 0.717) is 17.7 Å². The zero-order valence-corrected chi connectivity index (χ0v) is 17.2. The number of anilines is 2. The van der Waals surface area contributed by atoms with Crippen molar-refractivity contribution in [3.8, 4) is 11.4 Å². The normalized spacial score (nSPS) is 10.7. The quantitative estimate of drug-likeness (QED) is 0.428. The Bertz CT molecular complexity index is 635. The van der Waals surface area contributed by atoms with Crippen LogP contribution in [-0.4, -0.2) is 38.7 Å². The summed E-state index contributed by atoms with van der Waals surface area (Å²) < 4.78 is 0. The highest BCUT2D eigenvalue weighted by atomic mass is 79.9. The average molecular weight is 457 g/mol. The zero-order chi connectivity index (χ0) is 17.4. The van der Waals surface area contributed by atoms with Crippen molar-refractivity contribution in [3.63, 3.8) is 0 Å². The highest BCUT2D eigenvalue weighted by Gasteiger charge is 2.11. The molecule has 0 aliphatic rings. The molecule has 5 nitrogen and oxygen atoms in total. The Kier molecular flexibility index (Phi) is 7.91. The fraction of sp³-hybridized carbons (Fsp3) is 0.471. The number of halogens is 2. The molecule has 0 radical (unpaired) electrons. The van der Waals surface area contributed by atoms with Crippen LogP contribution < -0.4 is 10.6 Å². The molecule has 0 atom stereocenters. The lowest BCUT2D eigenvalue weighted by Gasteiger charge is -2.11. The molecule has 1 heterocycles. The van der Waals surface area contributed by atoms with E-state index < -0.39 is 0 Å². The summed E-state index contributed by atoms with van der Waals surface area (Å²) >= 11 is 6.88. The van der Waals surface area contributed by atoms with Gasteiger partial charge in [-0.1, -0.05) is 49.6 Å². The van der Waals surface area contributed by atoms with Crippen molar-refractivity contribution < 1.29 is 0 Å². The molecule has 2 rings (SSSR count). The lowest BCUT2D eigenvalue weighted by Crippen LogP contribution is -2.12. The number of nitrogens with zero attached hydrogens (tertiary/aromatic N) is 3. The van der Waals surface area contributed by atoms with Gasteiger partial charge in [0.2, 0.25) is 11.9 Å². The fourth-order valence-electron chi connectivity index (χ4n) is 2.17. The van der Waals surface area contributed by atoms with Crippen molar-refractivity contribution in [3.05, 3.63) is 29.3 Å². The third-order valence-electron chi connectivity index (χ3n) is 3.46. The van der Waals surface area contributed by atoms with Crippen molar-refractivity contribution in [2.75, 3.05) is 34.4 Å². The van der Waals surface area contributed by atoms with Crippen molar-refractivity contribution in [1.82, 2.24) is 15.0 Å². The van der Waals surface area contributed by atoms with E-state index in [1.807, 2.05) is 0 Å². The average Bonchev–Trinajstić information content (AvgIpc) is 2.57. The topological polar surface area (TPSA) is 62.7 Å². The van der Waals surface area contributed by atoms with Gasteiger partial charge in [0, 0.05) is 29.3 Å². The van der Waals surface area contributed by atoms with E-state index >= 15 is 0 Å². The Labute approximate surface area is 160 Å². The molecule has 0 unspecified atom stereocenters. The van der Waals surface area contributed by atoms with Gasteiger partial charge in [-0.05, 0) is 38.3 Å². The molecular formula is C17H23Br2N5. The second-order valence-corrected chi connectivity index (χ2v) is 7.15. The summed E-state index contributed by atoms with van der Waals surface area (Å²) in [6, 6.07) is 6.32. The molecule has 0 spiro atoms. The van der Waals surface area contributed by atoms with Crippen LogP contribution in [-0.2, 0) is 0 Å². The smallest absolute Gasteiger partial charge is 0.228 e. The third-order valence-corrected chi connectivity index (χ3v) is 4.58. The van der Waals surface area contributed by atoms with E-state index in [-0.39, 0.29) is 0 Å². The maximum Gasteiger partial charge on any atom is 0.228 e. The molecule has 24 heavy (non-hydrogen) atoms. The van der Waals surface area contributed by atoms with Gasteiger partial charge in [0.15, 0.2) is 5.82 Å². The van der Waals surface area contributed by atoms with Crippen LogP contribution in [0.25, 0.3) is 11.4 Å². The van der Waals surface area contributed by atoms with E-state index in [1.165, 1.54) is 5.56 Å². The number of aryl methyl sites for hydroxylation is 2. The zero-order valence-electron chi connectivity index (χ0n) is 14.1. The number of nitrogens with one attached hydrogen (secondary N) is 2. The minimum Gasteiger partial charge on any atom is -0.354 e. The van der Waals surface area contributed by atoms with Gasteiger partial charge < -0.3 is 10.6 Å². The Hall–Kier alpha value is -1.21. The van der Waals surface area contributed by atoms with Gasteiger partial charge in [0.05, 0.1) is 0 Å². The van der Waals surface area contributed by atoms with Gasteiger partial charge in [-0.2, -0.15) is 15.0 Å².